The monoisotopic (exact) mass is 339 g/mol. The van der Waals surface area contributed by atoms with Crippen LogP contribution in [0.5, 0.6) is 0 Å². The fourth-order valence-corrected chi connectivity index (χ4v) is 2.88. The highest BCUT2D eigenvalue weighted by Gasteiger charge is 2.43. The molecule has 0 radical (unpaired) electrons. The third-order valence-corrected chi connectivity index (χ3v) is 4.40. The Balaban J connectivity index is 1.84. The fraction of sp³-hybridized carbons (Fsp3) is 0.778. The smallest absolute Gasteiger partial charge is 0.417 e. The lowest BCUT2D eigenvalue weighted by atomic mass is 9.86. The van der Waals surface area contributed by atoms with Crippen LogP contribution in [0, 0.1) is 11.3 Å². The van der Waals surface area contributed by atoms with Crippen molar-refractivity contribution in [2.75, 3.05) is 19.8 Å². The molecule has 24 heavy (non-hydrogen) atoms. The zero-order chi connectivity index (χ0) is 17.7. The Bertz CT molecular complexity index is 476. The van der Waals surface area contributed by atoms with Crippen LogP contribution in [0.4, 0.5) is 4.79 Å². The largest absolute Gasteiger partial charge is 0.447 e. The molecule has 2 saturated heterocycles. The molecule has 2 aliphatic rings. The van der Waals surface area contributed by atoms with Gasteiger partial charge in [-0.3, -0.25) is 4.79 Å². The molecule has 2 heterocycles. The average molecular weight is 339 g/mol. The van der Waals surface area contributed by atoms with Gasteiger partial charge in [-0.25, -0.2) is 9.69 Å². The number of carbonyl (C=O) groups is 2. The third-order valence-electron chi connectivity index (χ3n) is 4.40. The van der Waals surface area contributed by atoms with Gasteiger partial charge in [0.05, 0.1) is 19.3 Å². The molecule has 0 unspecified atom stereocenters. The summed E-state index contributed by atoms with van der Waals surface area (Å²) < 4.78 is 16.1. The van der Waals surface area contributed by atoms with Gasteiger partial charge in [0.15, 0.2) is 6.29 Å². The number of ether oxygens (including phenoxy) is 3. The first-order valence-corrected chi connectivity index (χ1v) is 8.68. The van der Waals surface area contributed by atoms with E-state index in [2.05, 4.69) is 6.92 Å². The molecule has 2 aliphatic heterocycles. The molecule has 2 amide bonds. The van der Waals surface area contributed by atoms with Crippen LogP contribution in [0.3, 0.4) is 0 Å². The molecular weight excluding hydrogens is 310 g/mol. The Kier molecular flexibility index (Phi) is 6.40. The zero-order valence-electron chi connectivity index (χ0n) is 15.1. The van der Waals surface area contributed by atoms with E-state index < -0.39 is 6.09 Å². The van der Waals surface area contributed by atoms with Crippen molar-refractivity contribution in [3.05, 3.63) is 12.2 Å². The summed E-state index contributed by atoms with van der Waals surface area (Å²) >= 11 is 0. The quantitative estimate of drug-likeness (QED) is 0.720. The van der Waals surface area contributed by atoms with Crippen LogP contribution in [0.25, 0.3) is 0 Å². The molecule has 136 valence electrons. The summed E-state index contributed by atoms with van der Waals surface area (Å²) in [6.45, 7) is 9.84. The molecular formula is C18H29NO5. The van der Waals surface area contributed by atoms with Gasteiger partial charge in [0.1, 0.15) is 6.61 Å². The first-order valence-electron chi connectivity index (χ1n) is 8.68. The van der Waals surface area contributed by atoms with Crippen LogP contribution in [0.1, 0.15) is 47.0 Å². The van der Waals surface area contributed by atoms with Gasteiger partial charge in [-0.1, -0.05) is 33.8 Å². The van der Waals surface area contributed by atoms with E-state index in [0.29, 0.717) is 5.92 Å². The maximum atomic E-state index is 12.4. The first kappa shape index (κ1) is 18.9. The number of hydrogen-bond acceptors (Lipinski definition) is 5. The summed E-state index contributed by atoms with van der Waals surface area (Å²) in [5.41, 5.74) is -0.210. The molecule has 0 spiro atoms. The molecule has 0 aromatic carbocycles. The van der Waals surface area contributed by atoms with Crippen LogP contribution in [-0.4, -0.2) is 49.1 Å². The Morgan fingerprint density at radius 2 is 2.00 bits per heavy atom. The van der Waals surface area contributed by atoms with Crippen molar-refractivity contribution < 1.29 is 23.8 Å². The van der Waals surface area contributed by atoms with Crippen LogP contribution in [-0.2, 0) is 19.0 Å². The number of allylic oxidation sites excluding steroid dienone is 1. The van der Waals surface area contributed by atoms with Crippen LogP contribution in [0.2, 0.25) is 0 Å². The van der Waals surface area contributed by atoms with Gasteiger partial charge in [0.25, 0.3) is 5.91 Å². The second-order valence-corrected chi connectivity index (χ2v) is 7.67. The lowest BCUT2D eigenvalue weighted by Crippen LogP contribution is -2.45. The number of nitrogens with zero attached hydrogens (tertiary/aromatic N) is 1. The normalized spacial score (nSPS) is 24.4. The Labute approximate surface area is 144 Å². The van der Waals surface area contributed by atoms with E-state index in [1.807, 2.05) is 26.8 Å². The summed E-state index contributed by atoms with van der Waals surface area (Å²) in [5, 5.41) is 0. The van der Waals surface area contributed by atoms with E-state index in [1.165, 1.54) is 11.0 Å². The minimum Gasteiger partial charge on any atom is -0.447 e. The topological polar surface area (TPSA) is 65.1 Å². The Morgan fingerprint density at radius 3 is 2.62 bits per heavy atom. The van der Waals surface area contributed by atoms with Crippen molar-refractivity contribution in [1.29, 1.82) is 0 Å². The first-order chi connectivity index (χ1) is 11.3. The van der Waals surface area contributed by atoms with Crippen LogP contribution in [0.15, 0.2) is 12.2 Å². The predicted molar refractivity (Wildman–Crippen MR) is 89.3 cm³/mol. The van der Waals surface area contributed by atoms with E-state index in [1.54, 1.807) is 0 Å². The second kappa shape index (κ2) is 8.12. The van der Waals surface area contributed by atoms with Crippen molar-refractivity contribution >= 4 is 12.0 Å². The van der Waals surface area contributed by atoms with E-state index in [4.69, 9.17) is 14.2 Å². The number of imide groups is 1. The highest BCUT2D eigenvalue weighted by Crippen LogP contribution is 2.29. The molecule has 0 bridgehead atoms. The summed E-state index contributed by atoms with van der Waals surface area (Å²) in [6, 6.07) is -0.233. The molecule has 2 rings (SSSR count). The summed E-state index contributed by atoms with van der Waals surface area (Å²) in [4.78, 5) is 25.5. The molecule has 6 heteroatoms. The Hall–Kier alpha value is -1.40. The van der Waals surface area contributed by atoms with Gasteiger partial charge in [0, 0.05) is 6.42 Å². The molecule has 0 aliphatic carbocycles. The molecule has 6 nitrogen and oxygen atoms in total. The van der Waals surface area contributed by atoms with Crippen molar-refractivity contribution in [3.8, 4) is 0 Å². The number of rotatable bonds is 5. The van der Waals surface area contributed by atoms with E-state index in [9.17, 15) is 9.59 Å². The zero-order valence-corrected chi connectivity index (χ0v) is 15.1. The van der Waals surface area contributed by atoms with Crippen molar-refractivity contribution in [2.24, 2.45) is 11.3 Å². The molecule has 0 saturated carbocycles. The summed E-state index contributed by atoms with van der Waals surface area (Å²) in [5.74, 6) is 0.0240. The number of cyclic esters (lactones) is 1. The second-order valence-electron chi connectivity index (χ2n) is 7.67. The maximum Gasteiger partial charge on any atom is 0.417 e. The van der Waals surface area contributed by atoms with Crippen LogP contribution < -0.4 is 0 Å². The fourth-order valence-electron chi connectivity index (χ4n) is 2.88. The minimum absolute atomic E-state index is 0.142. The summed E-state index contributed by atoms with van der Waals surface area (Å²) in [6.07, 6.45) is 5.08. The molecule has 2 atom stereocenters. The lowest BCUT2D eigenvalue weighted by molar-refractivity contribution is -0.185. The number of hydrogen-bond donors (Lipinski definition) is 0. The standard InChI is InChI=1S/C18H29NO5/c1-13(11-16-22-9-6-10-23-16)7-5-8-15(20)19-14(18(2,3)4)12-24-17(19)21/h5,8,13-14,16H,6-7,9-12H2,1-4H3/b8-5+/t13-,14+/m0/s1. The Morgan fingerprint density at radius 1 is 1.33 bits per heavy atom. The van der Waals surface area contributed by atoms with Gasteiger partial charge in [-0.2, -0.15) is 0 Å². The molecule has 0 N–H and O–H groups in total. The highest BCUT2D eigenvalue weighted by atomic mass is 16.7. The van der Waals surface area contributed by atoms with Crippen molar-refractivity contribution in [2.45, 2.75) is 59.3 Å². The lowest BCUT2D eigenvalue weighted by Gasteiger charge is -2.30. The van der Waals surface area contributed by atoms with Crippen LogP contribution >= 0.6 is 0 Å². The third kappa shape index (κ3) is 5.05. The van der Waals surface area contributed by atoms with E-state index in [0.717, 1.165) is 32.5 Å². The van der Waals surface area contributed by atoms with Gasteiger partial charge in [-0.05, 0) is 30.3 Å². The summed E-state index contributed by atoms with van der Waals surface area (Å²) in [7, 11) is 0. The average Bonchev–Trinajstić information content (AvgIpc) is 2.90. The van der Waals surface area contributed by atoms with Gasteiger partial charge < -0.3 is 14.2 Å². The van der Waals surface area contributed by atoms with E-state index in [-0.39, 0.29) is 30.3 Å². The number of amides is 2. The molecule has 2 fully saturated rings. The number of carbonyl (C=O) groups excluding carboxylic acids is 2. The molecule has 0 aromatic rings. The molecule has 0 aromatic heterocycles. The van der Waals surface area contributed by atoms with Crippen molar-refractivity contribution in [1.82, 2.24) is 4.90 Å². The highest BCUT2D eigenvalue weighted by molar-refractivity contribution is 5.99. The SMILES string of the molecule is C[C@@H](C/C=C/C(=O)N1C(=O)OC[C@@H]1C(C)(C)C)CC1OCCCO1. The maximum absolute atomic E-state index is 12.4. The van der Waals surface area contributed by atoms with E-state index >= 15 is 0 Å². The van der Waals surface area contributed by atoms with Gasteiger partial charge in [0.2, 0.25) is 0 Å². The van der Waals surface area contributed by atoms with Crippen molar-refractivity contribution in [3.63, 3.8) is 0 Å². The minimum atomic E-state index is -0.554. The van der Waals surface area contributed by atoms with Gasteiger partial charge in [-0.15, -0.1) is 0 Å². The predicted octanol–water partition coefficient (Wildman–Crippen LogP) is 3.12. The van der Waals surface area contributed by atoms with Gasteiger partial charge >= 0.3 is 6.09 Å².